The lowest BCUT2D eigenvalue weighted by Gasteiger charge is -2.16. The van der Waals surface area contributed by atoms with Crippen molar-refractivity contribution in [2.75, 3.05) is 18.9 Å². The Kier molecular flexibility index (Phi) is 6.05. The van der Waals surface area contributed by atoms with Crippen LogP contribution in [0.1, 0.15) is 15.2 Å². The van der Waals surface area contributed by atoms with E-state index < -0.39 is 10.0 Å². The average Bonchev–Trinajstić information content (AvgIpc) is 3.19. The van der Waals surface area contributed by atoms with E-state index in [2.05, 4.69) is 5.32 Å². The zero-order chi connectivity index (χ0) is 19.3. The maximum Gasteiger partial charge on any atom is 0.265 e. The van der Waals surface area contributed by atoms with Crippen LogP contribution in [0, 0.1) is 0 Å². The van der Waals surface area contributed by atoms with E-state index in [0.29, 0.717) is 23.5 Å². The predicted molar refractivity (Wildman–Crippen MR) is 109 cm³/mol. The second-order valence-electron chi connectivity index (χ2n) is 6.03. The Hall–Kier alpha value is -2.48. The summed E-state index contributed by atoms with van der Waals surface area (Å²) in [5, 5.41) is 4.27. The van der Waals surface area contributed by atoms with Gasteiger partial charge in [-0.1, -0.05) is 48.5 Å². The molecular formula is C20H20N2O3S2. The lowest BCUT2D eigenvalue weighted by Crippen LogP contribution is -2.28. The molecule has 0 spiro atoms. The van der Waals surface area contributed by atoms with Gasteiger partial charge in [-0.15, -0.1) is 11.3 Å². The second kappa shape index (κ2) is 8.47. The number of benzene rings is 2. The maximum absolute atomic E-state index is 12.7. The first-order valence-corrected chi connectivity index (χ1v) is 10.7. The molecule has 0 unspecified atom stereocenters. The molecule has 0 bridgehead atoms. The summed E-state index contributed by atoms with van der Waals surface area (Å²) in [5.74, 6) is -0.320. The monoisotopic (exact) mass is 400 g/mol. The van der Waals surface area contributed by atoms with Crippen LogP contribution in [0.3, 0.4) is 0 Å². The van der Waals surface area contributed by atoms with Crippen molar-refractivity contribution in [2.45, 2.75) is 11.3 Å². The maximum atomic E-state index is 12.7. The zero-order valence-electron chi connectivity index (χ0n) is 14.8. The van der Waals surface area contributed by atoms with Crippen LogP contribution < -0.4 is 5.32 Å². The van der Waals surface area contributed by atoms with Crippen LogP contribution in [0.15, 0.2) is 77.0 Å². The third-order valence-electron chi connectivity index (χ3n) is 4.10. The number of carbonyl (C=O) groups is 1. The highest BCUT2D eigenvalue weighted by molar-refractivity contribution is 7.89. The Morgan fingerprint density at radius 1 is 1.04 bits per heavy atom. The first-order valence-electron chi connectivity index (χ1n) is 8.42. The summed E-state index contributed by atoms with van der Waals surface area (Å²) in [6.07, 6.45) is 0.627. The molecule has 1 amide bonds. The summed E-state index contributed by atoms with van der Waals surface area (Å²) in [6.45, 7) is 0.369. The Bertz CT molecular complexity index is 1000. The fraction of sp³-hybridized carbons (Fsp3) is 0.150. The fourth-order valence-corrected chi connectivity index (χ4v) is 4.85. The summed E-state index contributed by atoms with van der Waals surface area (Å²) in [7, 11) is -2.08. The van der Waals surface area contributed by atoms with Gasteiger partial charge in [0.25, 0.3) is 5.91 Å². The van der Waals surface area contributed by atoms with E-state index in [1.807, 2.05) is 48.5 Å². The highest BCUT2D eigenvalue weighted by Crippen LogP contribution is 2.23. The summed E-state index contributed by atoms with van der Waals surface area (Å²) in [4.78, 5) is 12.8. The summed E-state index contributed by atoms with van der Waals surface area (Å²) >= 11 is 1.12. The fourth-order valence-electron chi connectivity index (χ4n) is 2.52. The number of amides is 1. The molecule has 1 aromatic heterocycles. The highest BCUT2D eigenvalue weighted by atomic mass is 32.2. The van der Waals surface area contributed by atoms with E-state index in [0.717, 1.165) is 16.9 Å². The van der Waals surface area contributed by atoms with Crippen LogP contribution in [0.5, 0.6) is 0 Å². The van der Waals surface area contributed by atoms with Crippen LogP contribution in [-0.2, 0) is 16.4 Å². The van der Waals surface area contributed by atoms with Crippen LogP contribution in [0.25, 0.3) is 0 Å². The first kappa shape index (κ1) is 19.3. The van der Waals surface area contributed by atoms with E-state index in [4.69, 9.17) is 0 Å². The molecule has 5 nitrogen and oxygen atoms in total. The number of thiophene rings is 1. The van der Waals surface area contributed by atoms with Crippen LogP contribution in [0.2, 0.25) is 0 Å². The number of nitrogens with zero attached hydrogens (tertiary/aromatic N) is 1. The van der Waals surface area contributed by atoms with Crippen molar-refractivity contribution in [3.63, 3.8) is 0 Å². The molecule has 0 aliphatic carbocycles. The van der Waals surface area contributed by atoms with E-state index >= 15 is 0 Å². The molecular weight excluding hydrogens is 380 g/mol. The third-order valence-corrected chi connectivity index (χ3v) is 7.01. The molecule has 0 atom stereocenters. The number of anilines is 1. The van der Waals surface area contributed by atoms with Gasteiger partial charge in [-0.3, -0.25) is 4.79 Å². The molecule has 2 aromatic carbocycles. The summed E-state index contributed by atoms with van der Waals surface area (Å²) in [6, 6.07) is 20.2. The van der Waals surface area contributed by atoms with Gasteiger partial charge in [-0.25, -0.2) is 12.7 Å². The molecule has 0 fully saturated rings. The molecule has 0 saturated heterocycles. The van der Waals surface area contributed by atoms with Crippen molar-refractivity contribution in [2.24, 2.45) is 0 Å². The van der Waals surface area contributed by atoms with Crippen LogP contribution >= 0.6 is 11.3 Å². The summed E-state index contributed by atoms with van der Waals surface area (Å²) in [5.41, 5.74) is 1.74. The van der Waals surface area contributed by atoms with Crippen LogP contribution in [0.4, 0.5) is 5.69 Å². The standard InChI is InChI=1S/C20H20N2O3S2/c1-22(13-12-16-8-4-2-5-9-16)27(24,25)18-14-19(26-15-18)20(23)21-17-10-6-3-7-11-17/h2-11,14-15H,12-13H2,1H3,(H,21,23). The van der Waals surface area contributed by atoms with Gasteiger partial charge in [-0.2, -0.15) is 0 Å². The van der Waals surface area contributed by atoms with E-state index in [1.54, 1.807) is 19.2 Å². The number of para-hydroxylation sites is 1. The van der Waals surface area contributed by atoms with Crippen molar-refractivity contribution in [1.82, 2.24) is 4.31 Å². The van der Waals surface area contributed by atoms with Gasteiger partial charge < -0.3 is 5.32 Å². The van der Waals surface area contributed by atoms with Crippen molar-refractivity contribution in [1.29, 1.82) is 0 Å². The number of hydrogen-bond donors (Lipinski definition) is 1. The number of likely N-dealkylation sites (N-methyl/N-ethyl adjacent to an activating group) is 1. The zero-order valence-corrected chi connectivity index (χ0v) is 16.5. The van der Waals surface area contributed by atoms with E-state index in [9.17, 15) is 13.2 Å². The quantitative estimate of drug-likeness (QED) is 0.655. The minimum atomic E-state index is -3.63. The number of rotatable bonds is 7. The average molecular weight is 401 g/mol. The van der Waals surface area contributed by atoms with Gasteiger partial charge in [0.05, 0.1) is 9.77 Å². The Morgan fingerprint density at radius 3 is 2.33 bits per heavy atom. The molecule has 1 N–H and O–H groups in total. The second-order valence-corrected chi connectivity index (χ2v) is 8.99. The van der Waals surface area contributed by atoms with Gasteiger partial charge in [0.1, 0.15) is 0 Å². The predicted octanol–water partition coefficient (Wildman–Crippen LogP) is 3.86. The minimum absolute atomic E-state index is 0.140. The molecule has 7 heteroatoms. The molecule has 0 aliphatic rings. The number of sulfonamides is 1. The van der Waals surface area contributed by atoms with E-state index in [-0.39, 0.29) is 10.8 Å². The lowest BCUT2D eigenvalue weighted by molar-refractivity contribution is 0.103. The molecule has 140 valence electrons. The van der Waals surface area contributed by atoms with Crippen molar-refractivity contribution in [3.05, 3.63) is 82.6 Å². The van der Waals surface area contributed by atoms with Gasteiger partial charge in [0.15, 0.2) is 0 Å². The molecule has 27 heavy (non-hydrogen) atoms. The minimum Gasteiger partial charge on any atom is -0.321 e. The van der Waals surface area contributed by atoms with Crippen LogP contribution in [-0.4, -0.2) is 32.2 Å². The topological polar surface area (TPSA) is 66.5 Å². The van der Waals surface area contributed by atoms with Crippen molar-refractivity contribution >= 4 is 33.0 Å². The molecule has 0 radical (unpaired) electrons. The number of carbonyl (C=O) groups excluding carboxylic acids is 1. The van der Waals surface area contributed by atoms with Crippen molar-refractivity contribution < 1.29 is 13.2 Å². The number of hydrogen-bond acceptors (Lipinski definition) is 4. The highest BCUT2D eigenvalue weighted by Gasteiger charge is 2.23. The van der Waals surface area contributed by atoms with Gasteiger partial charge in [0, 0.05) is 24.7 Å². The normalized spacial score (nSPS) is 11.5. The first-order chi connectivity index (χ1) is 13.0. The SMILES string of the molecule is CN(CCc1ccccc1)S(=O)(=O)c1csc(C(=O)Nc2ccccc2)c1. The molecule has 3 aromatic rings. The Labute approximate surface area is 163 Å². The van der Waals surface area contributed by atoms with Gasteiger partial charge >= 0.3 is 0 Å². The molecule has 0 aliphatic heterocycles. The Morgan fingerprint density at radius 2 is 1.67 bits per heavy atom. The smallest absolute Gasteiger partial charge is 0.265 e. The third kappa shape index (κ3) is 4.82. The van der Waals surface area contributed by atoms with Gasteiger partial charge in [-0.05, 0) is 30.2 Å². The largest absolute Gasteiger partial charge is 0.321 e. The molecule has 0 saturated carbocycles. The number of nitrogens with one attached hydrogen (secondary N) is 1. The molecule has 1 heterocycles. The van der Waals surface area contributed by atoms with E-state index in [1.165, 1.54) is 15.8 Å². The molecule has 3 rings (SSSR count). The lowest BCUT2D eigenvalue weighted by atomic mass is 10.2. The van der Waals surface area contributed by atoms with Gasteiger partial charge in [0.2, 0.25) is 10.0 Å². The Balaban J connectivity index is 1.67. The summed E-state index contributed by atoms with van der Waals surface area (Å²) < 4.78 is 26.8. The van der Waals surface area contributed by atoms with Crippen molar-refractivity contribution in [3.8, 4) is 0 Å².